The number of hydrogen-bond donors (Lipinski definition) is 13. The lowest BCUT2D eigenvalue weighted by molar-refractivity contribution is -0.141. The Hall–Kier alpha value is -6.89. The zero-order valence-corrected chi connectivity index (χ0v) is 46.3. The van der Waals surface area contributed by atoms with Gasteiger partial charge in [-0.25, -0.2) is 0 Å². The fraction of sp³-hybridized carbons (Fsp3) is 0.759. The molecule has 26 nitrogen and oxygen atoms in total. The predicted octanol–water partition coefficient (Wildman–Crippen LogP) is 6.23. The molecule has 0 rings (SSSR count). The van der Waals surface area contributed by atoms with E-state index in [0.29, 0.717) is 12.8 Å². The molecule has 0 aliphatic heterocycles. The van der Waals surface area contributed by atoms with Crippen molar-refractivity contribution in [3.05, 3.63) is 0 Å². The van der Waals surface area contributed by atoms with Gasteiger partial charge in [-0.1, -0.05) is 71.1 Å². The summed E-state index contributed by atoms with van der Waals surface area (Å²) in [5, 5.41) is 97.1. The molecule has 0 aromatic carbocycles. The van der Waals surface area contributed by atoms with Gasteiger partial charge in [0.05, 0.1) is 0 Å². The van der Waals surface area contributed by atoms with Gasteiger partial charge in [0.25, 0.3) is 0 Å². The van der Waals surface area contributed by atoms with E-state index < -0.39 is 254 Å². The summed E-state index contributed by atoms with van der Waals surface area (Å²) in [5.74, 6) is -15.4. The molecule has 0 aromatic heterocycles. The van der Waals surface area contributed by atoms with Gasteiger partial charge in [-0.15, -0.1) is 0 Å². The van der Waals surface area contributed by atoms with Crippen LogP contribution in [0.2, 0.25) is 0 Å². The van der Waals surface area contributed by atoms with Crippen LogP contribution in [0.3, 0.4) is 0 Å². The Labute approximate surface area is 466 Å². The molecule has 0 saturated heterocycles. The number of hydrogen-bond acceptors (Lipinski definition) is 13. The van der Waals surface area contributed by atoms with Crippen LogP contribution < -0.4 is 21.3 Å². The van der Waals surface area contributed by atoms with Crippen LogP contribution in [0.4, 0.5) is 0 Å². The molecular weight excluding hydrogens is 1060 g/mol. The van der Waals surface area contributed by atoms with E-state index in [1.54, 1.807) is 0 Å². The van der Waals surface area contributed by atoms with Crippen LogP contribution in [-0.2, 0) is 62.3 Å². The van der Waals surface area contributed by atoms with E-state index >= 15 is 0 Å². The molecule has 456 valence electrons. The molecule has 0 fully saturated rings. The maximum absolute atomic E-state index is 14.2. The number of amides is 4. The lowest BCUT2D eigenvalue weighted by Gasteiger charge is -2.39. The highest BCUT2D eigenvalue weighted by atomic mass is 16.4. The summed E-state index contributed by atoms with van der Waals surface area (Å²) in [6.07, 6.45) is -2.06. The fourth-order valence-electron chi connectivity index (χ4n) is 9.81. The van der Waals surface area contributed by atoms with Gasteiger partial charge in [0.2, 0.25) is 23.6 Å². The van der Waals surface area contributed by atoms with Gasteiger partial charge < -0.3 is 67.2 Å². The minimum atomic E-state index is -1.79. The number of nitrogens with one attached hydrogen (secondary N) is 4. The highest BCUT2D eigenvalue weighted by Crippen LogP contribution is 2.33. The van der Waals surface area contributed by atoms with Crippen molar-refractivity contribution in [3.63, 3.8) is 0 Å². The smallest absolute Gasteiger partial charge is 0.303 e. The minimum Gasteiger partial charge on any atom is -0.481 e. The first kappa shape index (κ1) is 73.1. The number of carbonyl (C=O) groups excluding carboxylic acids is 4. The zero-order chi connectivity index (χ0) is 60.8. The molecule has 0 aliphatic carbocycles. The van der Waals surface area contributed by atoms with E-state index in [-0.39, 0.29) is 6.42 Å². The summed E-state index contributed by atoms with van der Waals surface area (Å²) in [5.41, 5.74) is -6.90. The van der Waals surface area contributed by atoms with Crippen LogP contribution in [0, 0.1) is 0 Å². The van der Waals surface area contributed by atoms with E-state index in [1.165, 1.54) is 12.8 Å². The van der Waals surface area contributed by atoms with E-state index in [0.717, 1.165) is 44.9 Å². The minimum absolute atomic E-state index is 0.0998. The lowest BCUT2D eigenvalue weighted by atomic mass is 9.80. The van der Waals surface area contributed by atoms with Crippen LogP contribution in [-0.4, -0.2) is 145 Å². The van der Waals surface area contributed by atoms with Crippen molar-refractivity contribution < 1.29 is 108 Å². The summed E-state index contributed by atoms with van der Waals surface area (Å²) in [6, 6.07) is 0. The normalized spacial score (nSPS) is 11.7. The van der Waals surface area contributed by atoms with E-state index in [1.807, 2.05) is 0 Å². The Morgan fingerprint density at radius 3 is 0.550 bits per heavy atom. The lowest BCUT2D eigenvalue weighted by Crippen LogP contribution is -2.54. The van der Waals surface area contributed by atoms with Crippen molar-refractivity contribution >= 4 is 77.4 Å². The van der Waals surface area contributed by atoms with Gasteiger partial charge in [0.1, 0.15) is 0 Å². The summed E-state index contributed by atoms with van der Waals surface area (Å²) < 4.78 is 0. The molecule has 0 aromatic rings. The number of carboxylic acids is 9. The van der Waals surface area contributed by atoms with Crippen molar-refractivity contribution in [3.8, 4) is 0 Å². The first-order valence-electron chi connectivity index (χ1n) is 27.7. The monoisotopic (exact) mass is 1140 g/mol. The molecule has 80 heavy (non-hydrogen) atoms. The van der Waals surface area contributed by atoms with Crippen LogP contribution in [0.25, 0.3) is 0 Å². The number of unbranched alkanes of at least 4 members (excludes halogenated alkanes) is 10. The second-order valence-corrected chi connectivity index (χ2v) is 21.1. The Kier molecular flexibility index (Phi) is 36.1. The largest absolute Gasteiger partial charge is 0.481 e. The molecular formula is C54H88N4O22. The highest BCUT2D eigenvalue weighted by molar-refractivity contribution is 5.81. The van der Waals surface area contributed by atoms with Crippen LogP contribution >= 0.6 is 0 Å². The molecule has 0 radical (unpaired) electrons. The topological polar surface area (TPSA) is 452 Å². The van der Waals surface area contributed by atoms with E-state index in [9.17, 15) is 108 Å². The second-order valence-electron chi connectivity index (χ2n) is 21.1. The second kappa shape index (κ2) is 39.5. The molecule has 26 heteroatoms. The number of aliphatic carboxylic acids is 9. The molecule has 0 unspecified atom stereocenters. The van der Waals surface area contributed by atoms with Crippen LogP contribution in [0.1, 0.15) is 238 Å². The average molecular weight is 1150 g/mol. The molecule has 0 aliphatic rings. The SMILES string of the molecule is CCCCCCCCCCCCCC(=O)NC(CCC(=O)NC(CCC(=O)O)(CCC(=O)O)CCC(=O)O)(CCC(=O)NC(CCC(=O)O)(CCC(=O)O)CCC(=O)O)CCC(=O)NC(CCC(=O)O)(CCC(=O)O)CCC(=O)O. The van der Waals surface area contributed by atoms with Crippen molar-refractivity contribution in [1.82, 2.24) is 21.3 Å². The van der Waals surface area contributed by atoms with Crippen molar-refractivity contribution in [2.45, 2.75) is 260 Å². The first-order valence-corrected chi connectivity index (χ1v) is 27.7. The van der Waals surface area contributed by atoms with E-state index in [2.05, 4.69) is 28.2 Å². The molecule has 13 N–H and O–H groups in total. The first-order chi connectivity index (χ1) is 37.5. The Morgan fingerprint density at radius 2 is 0.375 bits per heavy atom. The van der Waals surface area contributed by atoms with E-state index in [4.69, 9.17) is 0 Å². The van der Waals surface area contributed by atoms with Crippen molar-refractivity contribution in [1.29, 1.82) is 0 Å². The fourth-order valence-corrected chi connectivity index (χ4v) is 9.81. The van der Waals surface area contributed by atoms with Gasteiger partial charge in [-0.2, -0.15) is 0 Å². The Balaban J connectivity index is 7.72. The number of carbonyl (C=O) groups is 13. The third-order valence-corrected chi connectivity index (χ3v) is 14.5. The molecule has 0 saturated carbocycles. The molecule has 0 bridgehead atoms. The number of rotatable bonds is 52. The summed E-state index contributed by atoms with van der Waals surface area (Å²) in [7, 11) is 0. The van der Waals surface area contributed by atoms with Gasteiger partial charge in [-0.05, 0) is 83.5 Å². The highest BCUT2D eigenvalue weighted by Gasteiger charge is 2.40. The Bertz CT molecular complexity index is 1730. The third kappa shape index (κ3) is 36.3. The molecule has 4 amide bonds. The van der Waals surface area contributed by atoms with Crippen LogP contribution in [0.15, 0.2) is 0 Å². The van der Waals surface area contributed by atoms with Crippen molar-refractivity contribution in [2.75, 3.05) is 0 Å². The molecule has 0 spiro atoms. The van der Waals surface area contributed by atoms with Gasteiger partial charge >= 0.3 is 53.7 Å². The van der Waals surface area contributed by atoms with Crippen molar-refractivity contribution in [2.24, 2.45) is 0 Å². The van der Waals surface area contributed by atoms with Gasteiger partial charge in [0, 0.05) is 106 Å². The zero-order valence-electron chi connectivity index (χ0n) is 46.3. The summed E-state index contributed by atoms with van der Waals surface area (Å²) >= 11 is 0. The average Bonchev–Trinajstić information content (AvgIpc) is 3.37. The number of carboxylic acid groups (broad SMARTS) is 9. The Morgan fingerprint density at radius 1 is 0.225 bits per heavy atom. The van der Waals surface area contributed by atoms with Gasteiger partial charge in [0.15, 0.2) is 0 Å². The quantitative estimate of drug-likeness (QED) is 0.0300. The van der Waals surface area contributed by atoms with Crippen LogP contribution in [0.5, 0.6) is 0 Å². The summed E-state index contributed by atoms with van der Waals surface area (Å²) in [4.78, 5) is 163. The van der Waals surface area contributed by atoms with Gasteiger partial charge in [-0.3, -0.25) is 62.3 Å². The predicted molar refractivity (Wildman–Crippen MR) is 284 cm³/mol. The maximum Gasteiger partial charge on any atom is 0.303 e. The third-order valence-electron chi connectivity index (χ3n) is 14.5. The molecule has 0 atom stereocenters. The summed E-state index contributed by atoms with van der Waals surface area (Å²) in [6.45, 7) is 2.14. The standard InChI is InChI=1S/C54H88N4O22/c1-2-3-4-5-6-7-8-9-10-11-12-13-38(59)55-51(26-14-39(60)56-52(29-17-42(63)64,30-18-43(65)66)31-19-44(67)68,27-15-40(61)57-53(32-20-45(69)70,33-21-46(71)72)34-22-47(73)74)28-16-41(62)58-54(35-23-48(75)76,36-24-49(77)78)37-25-50(79)80/h2-37H2,1H3,(H,55,59)(H,56,60)(H,57,61)(H,58,62)(H,63,64)(H,65,66)(H,67,68)(H,69,70)(H,71,72)(H,73,74)(H,75,76)(H,77,78)(H,79,80). The molecule has 0 heterocycles. The maximum atomic E-state index is 14.2.